The minimum atomic E-state index is -0.472. The highest BCUT2D eigenvalue weighted by molar-refractivity contribution is 9.10. The molecule has 0 aliphatic heterocycles. The van der Waals surface area contributed by atoms with Crippen LogP contribution in [-0.4, -0.2) is 25.8 Å². The first kappa shape index (κ1) is 22.1. The van der Waals surface area contributed by atoms with Gasteiger partial charge in [-0.3, -0.25) is 4.79 Å². The molecule has 0 aliphatic rings. The number of rotatable bonds is 8. The van der Waals surface area contributed by atoms with Crippen molar-refractivity contribution in [1.82, 2.24) is 5.43 Å². The van der Waals surface area contributed by atoms with Crippen LogP contribution in [0.3, 0.4) is 0 Å². The van der Waals surface area contributed by atoms with Crippen molar-refractivity contribution < 1.29 is 14.3 Å². The summed E-state index contributed by atoms with van der Waals surface area (Å²) in [4.78, 5) is 13.0. The Morgan fingerprint density at radius 2 is 1.74 bits per heavy atom. The van der Waals surface area contributed by atoms with Gasteiger partial charge in [-0.25, -0.2) is 5.43 Å². The van der Waals surface area contributed by atoms with E-state index in [2.05, 4.69) is 32.4 Å². The van der Waals surface area contributed by atoms with Gasteiger partial charge in [0.15, 0.2) is 11.5 Å². The van der Waals surface area contributed by atoms with E-state index in [9.17, 15) is 4.79 Å². The van der Waals surface area contributed by atoms with Crippen LogP contribution in [0.25, 0.3) is 0 Å². The second kappa shape index (κ2) is 11.0. The van der Waals surface area contributed by atoms with Crippen LogP contribution in [0.2, 0.25) is 0 Å². The molecular formula is C25H21BrN2O3. The van der Waals surface area contributed by atoms with Crippen molar-refractivity contribution in [1.29, 1.82) is 0 Å². The summed E-state index contributed by atoms with van der Waals surface area (Å²) in [6, 6.07) is 22.8. The minimum Gasteiger partial charge on any atom is -0.493 e. The number of hydrogen-bond donors (Lipinski definition) is 1. The molecule has 1 amide bonds. The molecule has 6 heteroatoms. The summed E-state index contributed by atoms with van der Waals surface area (Å²) >= 11 is 3.45. The van der Waals surface area contributed by atoms with Gasteiger partial charge in [-0.15, -0.1) is 6.42 Å². The van der Waals surface area contributed by atoms with E-state index in [4.69, 9.17) is 15.9 Å². The van der Waals surface area contributed by atoms with E-state index in [1.54, 1.807) is 18.3 Å². The third-order valence-corrected chi connectivity index (χ3v) is 5.06. The Morgan fingerprint density at radius 1 is 1.13 bits per heavy atom. The van der Waals surface area contributed by atoms with E-state index in [0.29, 0.717) is 21.5 Å². The van der Waals surface area contributed by atoms with Gasteiger partial charge in [0.05, 0.1) is 23.7 Å². The van der Waals surface area contributed by atoms with E-state index in [1.807, 2.05) is 60.7 Å². The fourth-order valence-corrected chi connectivity index (χ4v) is 3.66. The fraction of sp³-hybridized carbons (Fsp3) is 0.120. The molecule has 0 atom stereocenters. The average molecular weight is 477 g/mol. The largest absolute Gasteiger partial charge is 0.493 e. The number of terminal acetylenes is 1. The summed E-state index contributed by atoms with van der Waals surface area (Å²) in [7, 11) is 1.54. The second-order valence-corrected chi connectivity index (χ2v) is 7.37. The smallest absolute Gasteiger partial charge is 0.252 e. The monoisotopic (exact) mass is 476 g/mol. The van der Waals surface area contributed by atoms with Gasteiger partial charge in [-0.2, -0.15) is 5.10 Å². The number of carbonyl (C=O) groups excluding carboxylic acids is 1. The maximum Gasteiger partial charge on any atom is 0.252 e. The molecule has 0 bridgehead atoms. The van der Waals surface area contributed by atoms with Crippen molar-refractivity contribution in [3.8, 4) is 23.8 Å². The van der Waals surface area contributed by atoms with Crippen molar-refractivity contribution in [2.75, 3.05) is 13.7 Å². The number of ether oxygens (including phenoxy) is 2. The average Bonchev–Trinajstić information content (AvgIpc) is 2.79. The molecule has 0 unspecified atom stereocenters. The third kappa shape index (κ3) is 5.74. The summed E-state index contributed by atoms with van der Waals surface area (Å²) in [5, 5.41) is 4.15. The fourth-order valence-electron chi connectivity index (χ4n) is 3.09. The van der Waals surface area contributed by atoms with E-state index in [-0.39, 0.29) is 12.5 Å². The summed E-state index contributed by atoms with van der Waals surface area (Å²) in [6.45, 7) is 0.124. The molecule has 3 aromatic carbocycles. The Morgan fingerprint density at radius 3 is 2.29 bits per heavy atom. The minimum absolute atomic E-state index is 0.124. The Kier molecular flexibility index (Phi) is 7.85. The molecule has 31 heavy (non-hydrogen) atoms. The molecule has 0 fully saturated rings. The van der Waals surface area contributed by atoms with Gasteiger partial charge in [0.25, 0.3) is 5.91 Å². The standard InChI is InChI=1S/C25H21BrN2O3/c1-3-14-31-24-21(26)15-18(16-22(24)30-2)17-27-28-25(29)23(19-10-6-4-7-11-19)20-12-8-5-9-13-20/h1,4-13,15-17,23H,14H2,2H3,(H,28,29)/b27-17-. The maximum absolute atomic E-state index is 13.0. The summed E-state index contributed by atoms with van der Waals surface area (Å²) < 4.78 is 11.6. The van der Waals surface area contributed by atoms with Crippen LogP contribution >= 0.6 is 15.9 Å². The first-order valence-corrected chi connectivity index (χ1v) is 10.3. The molecule has 0 saturated heterocycles. The molecule has 0 aromatic heterocycles. The number of benzene rings is 3. The van der Waals surface area contributed by atoms with E-state index >= 15 is 0 Å². The predicted octanol–water partition coefficient (Wildman–Crippen LogP) is 4.75. The molecule has 3 aromatic rings. The van der Waals surface area contributed by atoms with Gasteiger partial charge in [-0.05, 0) is 44.8 Å². The van der Waals surface area contributed by atoms with Crippen LogP contribution in [0, 0.1) is 12.3 Å². The second-order valence-electron chi connectivity index (χ2n) is 6.52. The van der Waals surface area contributed by atoms with Gasteiger partial charge in [0.1, 0.15) is 6.61 Å². The molecule has 0 spiro atoms. The number of carbonyl (C=O) groups is 1. The summed E-state index contributed by atoms with van der Waals surface area (Å²) in [5.74, 6) is 2.73. The Labute approximate surface area is 190 Å². The Hall–Kier alpha value is -3.56. The normalized spacial score (nSPS) is 10.6. The van der Waals surface area contributed by atoms with Crippen molar-refractivity contribution in [2.24, 2.45) is 5.10 Å². The van der Waals surface area contributed by atoms with Crippen LogP contribution in [0.1, 0.15) is 22.6 Å². The van der Waals surface area contributed by atoms with Crippen LogP contribution in [0.4, 0.5) is 0 Å². The number of hydrazone groups is 1. The van der Waals surface area contributed by atoms with Gasteiger partial charge in [0.2, 0.25) is 0 Å². The van der Waals surface area contributed by atoms with E-state index in [1.165, 1.54) is 7.11 Å². The van der Waals surface area contributed by atoms with Gasteiger partial charge < -0.3 is 9.47 Å². The molecular weight excluding hydrogens is 456 g/mol. The van der Waals surface area contributed by atoms with Gasteiger partial charge in [-0.1, -0.05) is 66.6 Å². The quantitative estimate of drug-likeness (QED) is 0.289. The highest BCUT2D eigenvalue weighted by Gasteiger charge is 2.22. The van der Waals surface area contributed by atoms with Crippen molar-refractivity contribution in [3.63, 3.8) is 0 Å². The Balaban J connectivity index is 1.80. The molecule has 5 nitrogen and oxygen atoms in total. The SMILES string of the molecule is C#CCOc1c(Br)cc(/C=N\NC(=O)C(c2ccccc2)c2ccccc2)cc1OC. The van der Waals surface area contributed by atoms with Crippen LogP contribution < -0.4 is 14.9 Å². The molecule has 3 rings (SSSR count). The van der Waals surface area contributed by atoms with Crippen molar-refractivity contribution in [2.45, 2.75) is 5.92 Å². The number of nitrogens with zero attached hydrogens (tertiary/aromatic N) is 1. The lowest BCUT2D eigenvalue weighted by Gasteiger charge is -2.16. The molecule has 1 N–H and O–H groups in total. The summed E-state index contributed by atoms with van der Waals surface area (Å²) in [6.07, 6.45) is 6.80. The third-order valence-electron chi connectivity index (χ3n) is 4.47. The molecule has 0 radical (unpaired) electrons. The first-order valence-electron chi connectivity index (χ1n) is 9.50. The van der Waals surface area contributed by atoms with Crippen molar-refractivity contribution >= 4 is 28.1 Å². The zero-order valence-electron chi connectivity index (χ0n) is 16.9. The van der Waals surface area contributed by atoms with Crippen LogP contribution in [0.5, 0.6) is 11.5 Å². The number of nitrogens with one attached hydrogen (secondary N) is 1. The summed E-state index contributed by atoms with van der Waals surface area (Å²) in [5.41, 5.74) is 5.15. The lowest BCUT2D eigenvalue weighted by atomic mass is 9.91. The number of methoxy groups -OCH3 is 1. The Bertz CT molecular complexity index is 1050. The van der Waals surface area contributed by atoms with Gasteiger partial charge in [0, 0.05) is 0 Å². The number of hydrogen-bond acceptors (Lipinski definition) is 4. The topological polar surface area (TPSA) is 59.9 Å². The van der Waals surface area contributed by atoms with Crippen molar-refractivity contribution in [3.05, 3.63) is 94.0 Å². The molecule has 0 saturated carbocycles. The van der Waals surface area contributed by atoms with Crippen LogP contribution in [-0.2, 0) is 4.79 Å². The predicted molar refractivity (Wildman–Crippen MR) is 125 cm³/mol. The molecule has 156 valence electrons. The highest BCUT2D eigenvalue weighted by Crippen LogP contribution is 2.36. The maximum atomic E-state index is 13.0. The zero-order chi connectivity index (χ0) is 22.1. The molecule has 0 aliphatic carbocycles. The highest BCUT2D eigenvalue weighted by atomic mass is 79.9. The molecule has 0 heterocycles. The van der Waals surface area contributed by atoms with E-state index < -0.39 is 5.92 Å². The lowest BCUT2D eigenvalue weighted by Crippen LogP contribution is -2.26. The number of amides is 1. The zero-order valence-corrected chi connectivity index (χ0v) is 18.5. The van der Waals surface area contributed by atoms with Crippen LogP contribution in [0.15, 0.2) is 82.4 Å². The lowest BCUT2D eigenvalue weighted by molar-refractivity contribution is -0.121. The number of halogens is 1. The van der Waals surface area contributed by atoms with Gasteiger partial charge >= 0.3 is 0 Å². The van der Waals surface area contributed by atoms with E-state index in [0.717, 1.165) is 11.1 Å². The first-order chi connectivity index (χ1) is 15.1.